The zero-order valence-electron chi connectivity index (χ0n) is 10.7. The van der Waals surface area contributed by atoms with E-state index in [2.05, 4.69) is 30.9 Å². The van der Waals surface area contributed by atoms with Gasteiger partial charge in [-0.25, -0.2) is 0 Å². The van der Waals surface area contributed by atoms with E-state index in [1.165, 1.54) is 0 Å². The number of nitrogens with zero attached hydrogens (tertiary/aromatic N) is 2. The zero-order chi connectivity index (χ0) is 13.3. The molecule has 0 aliphatic rings. The van der Waals surface area contributed by atoms with Crippen molar-refractivity contribution in [2.75, 3.05) is 5.73 Å². The molecule has 96 valence electrons. The first-order valence-corrected chi connectivity index (χ1v) is 6.11. The van der Waals surface area contributed by atoms with Gasteiger partial charge in [0.25, 0.3) is 5.89 Å². The SMILES string of the molecule is CC(C)(C)Cc1noc(-c2cccc(Cl)c2N)n1. The van der Waals surface area contributed by atoms with Crippen LogP contribution in [0, 0.1) is 5.41 Å². The summed E-state index contributed by atoms with van der Waals surface area (Å²) in [6.45, 7) is 6.37. The minimum absolute atomic E-state index is 0.112. The summed E-state index contributed by atoms with van der Waals surface area (Å²) in [5.74, 6) is 1.09. The van der Waals surface area contributed by atoms with E-state index in [1.54, 1.807) is 6.07 Å². The van der Waals surface area contributed by atoms with E-state index in [-0.39, 0.29) is 5.41 Å². The van der Waals surface area contributed by atoms with Crippen LogP contribution in [-0.2, 0) is 6.42 Å². The van der Waals surface area contributed by atoms with Crippen LogP contribution in [0.4, 0.5) is 5.69 Å². The van der Waals surface area contributed by atoms with Crippen molar-refractivity contribution < 1.29 is 4.52 Å². The smallest absolute Gasteiger partial charge is 0.260 e. The number of hydrogen-bond acceptors (Lipinski definition) is 4. The maximum Gasteiger partial charge on any atom is 0.260 e. The number of anilines is 1. The molecule has 0 amide bonds. The molecule has 5 heteroatoms. The van der Waals surface area contributed by atoms with Gasteiger partial charge in [0, 0.05) is 6.42 Å². The van der Waals surface area contributed by atoms with Gasteiger partial charge in [0.05, 0.1) is 16.3 Å². The quantitative estimate of drug-likeness (QED) is 0.843. The summed E-state index contributed by atoms with van der Waals surface area (Å²) in [6, 6.07) is 5.35. The van der Waals surface area contributed by atoms with Gasteiger partial charge < -0.3 is 10.3 Å². The second-order valence-electron chi connectivity index (χ2n) is 5.45. The molecule has 0 aliphatic carbocycles. The fourth-order valence-corrected chi connectivity index (χ4v) is 1.81. The first kappa shape index (κ1) is 12.9. The molecule has 1 aromatic carbocycles. The van der Waals surface area contributed by atoms with Gasteiger partial charge in [-0.15, -0.1) is 0 Å². The van der Waals surface area contributed by atoms with Crippen LogP contribution in [0.1, 0.15) is 26.6 Å². The highest BCUT2D eigenvalue weighted by molar-refractivity contribution is 6.33. The van der Waals surface area contributed by atoms with Crippen molar-refractivity contribution in [3.63, 3.8) is 0 Å². The first-order chi connectivity index (χ1) is 8.37. The average Bonchev–Trinajstić information content (AvgIpc) is 2.68. The monoisotopic (exact) mass is 265 g/mol. The number of halogens is 1. The lowest BCUT2D eigenvalue weighted by Gasteiger charge is -2.14. The summed E-state index contributed by atoms with van der Waals surface area (Å²) >= 11 is 5.96. The highest BCUT2D eigenvalue weighted by atomic mass is 35.5. The van der Waals surface area contributed by atoms with Gasteiger partial charge in [0.1, 0.15) is 0 Å². The Morgan fingerprint density at radius 1 is 1.33 bits per heavy atom. The van der Waals surface area contributed by atoms with Crippen LogP contribution in [0.2, 0.25) is 5.02 Å². The molecular formula is C13H16ClN3O. The molecule has 0 radical (unpaired) electrons. The number of benzene rings is 1. The molecule has 1 heterocycles. The lowest BCUT2D eigenvalue weighted by atomic mass is 9.92. The van der Waals surface area contributed by atoms with Crippen LogP contribution in [0.5, 0.6) is 0 Å². The molecule has 0 saturated heterocycles. The van der Waals surface area contributed by atoms with E-state index in [4.69, 9.17) is 21.9 Å². The molecule has 0 fully saturated rings. The van der Waals surface area contributed by atoms with E-state index in [0.29, 0.717) is 28.0 Å². The molecule has 1 aromatic heterocycles. The molecule has 4 nitrogen and oxygen atoms in total. The molecule has 0 saturated carbocycles. The fourth-order valence-electron chi connectivity index (χ4n) is 1.63. The molecule has 18 heavy (non-hydrogen) atoms. The maximum atomic E-state index is 5.96. The number of nitrogen functional groups attached to an aromatic ring is 1. The van der Waals surface area contributed by atoms with Crippen LogP contribution < -0.4 is 5.73 Å². The molecular weight excluding hydrogens is 250 g/mol. The highest BCUT2D eigenvalue weighted by Crippen LogP contribution is 2.30. The molecule has 0 unspecified atom stereocenters. The van der Waals surface area contributed by atoms with Crippen molar-refractivity contribution in [2.45, 2.75) is 27.2 Å². The standard InChI is InChI=1S/C13H16ClN3O/c1-13(2,3)7-10-16-12(18-17-10)8-5-4-6-9(14)11(8)15/h4-6H,7,15H2,1-3H3. The van der Waals surface area contributed by atoms with Gasteiger partial charge in [-0.2, -0.15) is 4.98 Å². The van der Waals surface area contributed by atoms with Crippen LogP contribution in [0.3, 0.4) is 0 Å². The minimum Gasteiger partial charge on any atom is -0.397 e. The van der Waals surface area contributed by atoms with Crippen molar-refractivity contribution in [3.8, 4) is 11.5 Å². The van der Waals surface area contributed by atoms with Crippen molar-refractivity contribution in [1.82, 2.24) is 10.1 Å². The summed E-state index contributed by atoms with van der Waals surface area (Å²) < 4.78 is 5.23. The number of nitrogens with two attached hydrogens (primary N) is 1. The number of hydrogen-bond donors (Lipinski definition) is 1. The van der Waals surface area contributed by atoms with Crippen molar-refractivity contribution >= 4 is 17.3 Å². The van der Waals surface area contributed by atoms with Crippen molar-refractivity contribution in [3.05, 3.63) is 29.0 Å². The third kappa shape index (κ3) is 2.82. The normalized spacial score (nSPS) is 11.8. The summed E-state index contributed by atoms with van der Waals surface area (Å²) in [4.78, 5) is 4.35. The number of aromatic nitrogens is 2. The summed E-state index contributed by atoms with van der Waals surface area (Å²) in [7, 11) is 0. The maximum absolute atomic E-state index is 5.96. The Morgan fingerprint density at radius 3 is 2.72 bits per heavy atom. The lowest BCUT2D eigenvalue weighted by molar-refractivity contribution is 0.374. The highest BCUT2D eigenvalue weighted by Gasteiger charge is 2.18. The van der Waals surface area contributed by atoms with Gasteiger partial charge in [0.15, 0.2) is 5.82 Å². The zero-order valence-corrected chi connectivity index (χ0v) is 11.5. The topological polar surface area (TPSA) is 64.9 Å². The van der Waals surface area contributed by atoms with E-state index in [9.17, 15) is 0 Å². The fraction of sp³-hybridized carbons (Fsp3) is 0.385. The van der Waals surface area contributed by atoms with Crippen LogP contribution in [0.15, 0.2) is 22.7 Å². The second-order valence-corrected chi connectivity index (χ2v) is 5.86. The predicted octanol–water partition coefficient (Wildman–Crippen LogP) is 3.56. The Bertz CT molecular complexity index is 558. The van der Waals surface area contributed by atoms with Crippen LogP contribution >= 0.6 is 11.6 Å². The summed E-state index contributed by atoms with van der Waals surface area (Å²) in [6.07, 6.45) is 0.747. The van der Waals surface area contributed by atoms with Crippen LogP contribution in [0.25, 0.3) is 11.5 Å². The van der Waals surface area contributed by atoms with Gasteiger partial charge in [-0.05, 0) is 17.5 Å². The molecule has 0 atom stereocenters. The van der Waals surface area contributed by atoms with E-state index in [0.717, 1.165) is 6.42 Å². The Kier molecular flexibility index (Phi) is 3.30. The molecule has 0 spiro atoms. The number of rotatable bonds is 2. The number of para-hydroxylation sites is 1. The summed E-state index contributed by atoms with van der Waals surface area (Å²) in [5, 5.41) is 4.45. The molecule has 2 N–H and O–H groups in total. The van der Waals surface area contributed by atoms with Gasteiger partial charge in [0.2, 0.25) is 0 Å². The third-order valence-corrected chi connectivity index (χ3v) is 2.77. The average molecular weight is 266 g/mol. The Hall–Kier alpha value is -1.55. The Balaban J connectivity index is 2.33. The third-order valence-electron chi connectivity index (χ3n) is 2.44. The van der Waals surface area contributed by atoms with Gasteiger partial charge >= 0.3 is 0 Å². The Morgan fingerprint density at radius 2 is 2.06 bits per heavy atom. The van der Waals surface area contributed by atoms with Gasteiger partial charge in [-0.1, -0.05) is 43.6 Å². The van der Waals surface area contributed by atoms with E-state index >= 15 is 0 Å². The molecule has 2 rings (SSSR count). The van der Waals surface area contributed by atoms with Crippen LogP contribution in [-0.4, -0.2) is 10.1 Å². The largest absolute Gasteiger partial charge is 0.397 e. The Labute approximate surface area is 111 Å². The van der Waals surface area contributed by atoms with Crippen molar-refractivity contribution in [1.29, 1.82) is 0 Å². The lowest BCUT2D eigenvalue weighted by Crippen LogP contribution is -2.10. The second kappa shape index (κ2) is 4.61. The first-order valence-electron chi connectivity index (χ1n) is 5.74. The predicted molar refractivity (Wildman–Crippen MR) is 72.3 cm³/mol. The minimum atomic E-state index is 0.112. The molecule has 0 aliphatic heterocycles. The molecule has 2 aromatic rings. The van der Waals surface area contributed by atoms with E-state index in [1.807, 2.05) is 12.1 Å². The van der Waals surface area contributed by atoms with E-state index < -0.39 is 0 Å². The molecule has 0 bridgehead atoms. The summed E-state index contributed by atoms with van der Waals surface area (Å²) in [5.41, 5.74) is 7.14. The van der Waals surface area contributed by atoms with Gasteiger partial charge in [-0.3, -0.25) is 0 Å². The van der Waals surface area contributed by atoms with Crippen molar-refractivity contribution in [2.24, 2.45) is 5.41 Å².